The molecule has 1 fully saturated rings. The molecule has 8 nitrogen and oxygen atoms in total. The van der Waals surface area contributed by atoms with E-state index in [4.69, 9.17) is 39.5 Å². The molecule has 0 unspecified atom stereocenters. The number of hydrogen-bond donors (Lipinski definition) is 1. The number of benzene rings is 3. The van der Waals surface area contributed by atoms with E-state index in [9.17, 15) is 18.0 Å². The summed E-state index contributed by atoms with van der Waals surface area (Å²) in [5.41, 5.74) is 0.754. The Kier molecular flexibility index (Phi) is 11.8. The lowest BCUT2D eigenvalue weighted by Crippen LogP contribution is -2.53. The fourth-order valence-corrected chi connectivity index (χ4v) is 7.33. The largest absolute Gasteiger partial charge is 0.492 e. The summed E-state index contributed by atoms with van der Waals surface area (Å²) < 4.78 is 35.1. The average Bonchev–Trinajstić information content (AvgIpc) is 3.50. The maximum atomic E-state index is 14.4. The molecule has 0 aliphatic heterocycles. The summed E-state index contributed by atoms with van der Waals surface area (Å²) in [7, 11) is -4.30. The van der Waals surface area contributed by atoms with E-state index in [1.165, 1.54) is 29.2 Å². The number of carbonyl (C=O) groups is 2. The summed E-state index contributed by atoms with van der Waals surface area (Å²) in [5.74, 6) is -0.591. The van der Waals surface area contributed by atoms with Crippen LogP contribution in [0.4, 0.5) is 5.69 Å². The second-order valence-electron chi connectivity index (χ2n) is 10.5. The van der Waals surface area contributed by atoms with Crippen molar-refractivity contribution < 1.29 is 22.7 Å². The van der Waals surface area contributed by atoms with Gasteiger partial charge in [-0.15, -0.1) is 0 Å². The van der Waals surface area contributed by atoms with Crippen LogP contribution in [-0.2, 0) is 26.2 Å². The zero-order valence-corrected chi connectivity index (χ0v) is 27.7. The molecular weight excluding hydrogens is 645 g/mol. The van der Waals surface area contributed by atoms with E-state index >= 15 is 0 Å². The molecule has 0 heterocycles. The third-order valence-corrected chi connectivity index (χ3v) is 10.2. The number of carbonyl (C=O) groups excluding carboxylic acids is 2. The normalized spacial score (nSPS) is 14.2. The fraction of sp³-hybridized carbons (Fsp3) is 0.375. The molecule has 1 aliphatic rings. The monoisotopic (exact) mass is 679 g/mol. The Balaban J connectivity index is 1.77. The molecule has 1 atom stereocenters. The van der Waals surface area contributed by atoms with Gasteiger partial charge in [0, 0.05) is 27.7 Å². The molecule has 0 spiro atoms. The maximum Gasteiger partial charge on any atom is 0.264 e. The van der Waals surface area contributed by atoms with E-state index in [2.05, 4.69) is 5.32 Å². The highest BCUT2D eigenvalue weighted by atomic mass is 35.5. The van der Waals surface area contributed by atoms with Crippen LogP contribution in [0, 0.1) is 0 Å². The Bertz CT molecular complexity index is 1560. The van der Waals surface area contributed by atoms with E-state index in [1.807, 2.05) is 6.92 Å². The van der Waals surface area contributed by atoms with Gasteiger partial charge in [-0.2, -0.15) is 0 Å². The SMILES string of the molecule is CCOc1ccccc1N(CC(=O)N(Cc1ccc(Cl)cc1Cl)[C@H](CC)C(=O)NC1CCCC1)S(=O)(=O)c1ccc(Cl)cc1. The number of amides is 2. The van der Waals surface area contributed by atoms with Crippen LogP contribution >= 0.6 is 34.8 Å². The number of nitrogens with zero attached hydrogens (tertiary/aromatic N) is 2. The molecule has 1 N–H and O–H groups in total. The smallest absolute Gasteiger partial charge is 0.264 e. The Labute approximate surface area is 274 Å². The number of nitrogens with one attached hydrogen (secondary N) is 1. The van der Waals surface area contributed by atoms with Crippen LogP contribution in [0.1, 0.15) is 51.5 Å². The second kappa shape index (κ2) is 15.3. The zero-order chi connectivity index (χ0) is 31.9. The van der Waals surface area contributed by atoms with Crippen molar-refractivity contribution in [1.82, 2.24) is 10.2 Å². The molecule has 2 amide bonds. The molecular formula is C32H36Cl3N3O5S. The van der Waals surface area contributed by atoms with Crippen molar-refractivity contribution in [2.75, 3.05) is 17.5 Å². The number of halogens is 3. The molecule has 44 heavy (non-hydrogen) atoms. The molecule has 1 aliphatic carbocycles. The summed E-state index contributed by atoms with van der Waals surface area (Å²) in [6.07, 6.45) is 4.11. The molecule has 0 aromatic heterocycles. The topological polar surface area (TPSA) is 96.0 Å². The number of rotatable bonds is 13. The Morgan fingerprint density at radius 2 is 1.61 bits per heavy atom. The van der Waals surface area contributed by atoms with Crippen molar-refractivity contribution in [3.63, 3.8) is 0 Å². The lowest BCUT2D eigenvalue weighted by molar-refractivity contribution is -0.140. The van der Waals surface area contributed by atoms with Crippen LogP contribution in [0.25, 0.3) is 0 Å². The molecule has 12 heteroatoms. The van der Waals surface area contributed by atoms with Gasteiger partial charge in [0.2, 0.25) is 11.8 Å². The third-order valence-electron chi connectivity index (χ3n) is 7.56. The first-order chi connectivity index (χ1) is 21.0. The van der Waals surface area contributed by atoms with Crippen molar-refractivity contribution in [2.45, 2.75) is 69.5 Å². The van der Waals surface area contributed by atoms with Crippen molar-refractivity contribution in [3.8, 4) is 5.75 Å². The third kappa shape index (κ3) is 8.18. The molecule has 1 saturated carbocycles. The highest BCUT2D eigenvalue weighted by molar-refractivity contribution is 7.92. The number of ether oxygens (including phenoxy) is 1. The first kappa shape index (κ1) is 33.9. The molecule has 3 aromatic carbocycles. The number of para-hydroxylation sites is 2. The van der Waals surface area contributed by atoms with Gasteiger partial charge in [-0.3, -0.25) is 13.9 Å². The van der Waals surface area contributed by atoms with Crippen LogP contribution < -0.4 is 14.4 Å². The van der Waals surface area contributed by atoms with Crippen molar-refractivity contribution in [1.29, 1.82) is 0 Å². The van der Waals surface area contributed by atoms with E-state index in [1.54, 1.807) is 49.4 Å². The Hall–Kier alpha value is -2.98. The molecule has 0 radical (unpaired) electrons. The van der Waals surface area contributed by atoms with E-state index in [0.717, 1.165) is 30.0 Å². The minimum atomic E-state index is -4.30. The van der Waals surface area contributed by atoms with Gasteiger partial charge in [0.15, 0.2) is 0 Å². The number of anilines is 1. The van der Waals surface area contributed by atoms with Crippen molar-refractivity contribution in [2.24, 2.45) is 0 Å². The highest BCUT2D eigenvalue weighted by Crippen LogP contribution is 2.33. The Morgan fingerprint density at radius 1 is 0.955 bits per heavy atom. The predicted octanol–water partition coefficient (Wildman–Crippen LogP) is 7.11. The second-order valence-corrected chi connectivity index (χ2v) is 13.7. The van der Waals surface area contributed by atoms with Crippen LogP contribution in [0.5, 0.6) is 5.75 Å². The summed E-state index contributed by atoms with van der Waals surface area (Å²) >= 11 is 18.7. The fourth-order valence-electron chi connectivity index (χ4n) is 5.31. The Morgan fingerprint density at radius 3 is 2.25 bits per heavy atom. The summed E-state index contributed by atoms with van der Waals surface area (Å²) in [6, 6.07) is 16.4. The predicted molar refractivity (Wildman–Crippen MR) is 175 cm³/mol. The van der Waals surface area contributed by atoms with Crippen molar-refractivity contribution in [3.05, 3.63) is 87.4 Å². The van der Waals surface area contributed by atoms with Gasteiger partial charge in [-0.1, -0.05) is 72.8 Å². The first-order valence-electron chi connectivity index (χ1n) is 14.6. The van der Waals surface area contributed by atoms with E-state index < -0.39 is 28.5 Å². The van der Waals surface area contributed by atoms with Crippen LogP contribution in [-0.4, -0.2) is 50.4 Å². The van der Waals surface area contributed by atoms with E-state index in [-0.39, 0.29) is 35.7 Å². The van der Waals surface area contributed by atoms with E-state index in [0.29, 0.717) is 32.8 Å². The van der Waals surface area contributed by atoms with Crippen LogP contribution in [0.3, 0.4) is 0 Å². The zero-order valence-electron chi connectivity index (χ0n) is 24.6. The lowest BCUT2D eigenvalue weighted by Gasteiger charge is -2.34. The van der Waals surface area contributed by atoms with Gasteiger partial charge >= 0.3 is 0 Å². The van der Waals surface area contributed by atoms with Crippen LogP contribution in [0.2, 0.25) is 15.1 Å². The number of sulfonamides is 1. The lowest BCUT2D eigenvalue weighted by atomic mass is 10.1. The quantitative estimate of drug-likeness (QED) is 0.208. The van der Waals surface area contributed by atoms with Gasteiger partial charge in [0.1, 0.15) is 18.3 Å². The van der Waals surface area contributed by atoms with Gasteiger partial charge in [0.25, 0.3) is 10.0 Å². The molecule has 3 aromatic rings. The van der Waals surface area contributed by atoms with Gasteiger partial charge in [-0.05, 0) is 80.3 Å². The molecule has 0 saturated heterocycles. The van der Waals surface area contributed by atoms with Crippen LogP contribution in [0.15, 0.2) is 71.6 Å². The summed E-state index contributed by atoms with van der Waals surface area (Å²) in [5, 5.41) is 4.22. The van der Waals surface area contributed by atoms with Gasteiger partial charge in [-0.25, -0.2) is 8.42 Å². The minimum Gasteiger partial charge on any atom is -0.492 e. The summed E-state index contributed by atoms with van der Waals surface area (Å²) in [4.78, 5) is 29.3. The standard InChI is InChI=1S/C32H36Cl3N3O5S/c1-3-28(32(40)36-25-9-5-6-10-25)37(20-22-13-14-24(34)19-27(22)35)31(39)21-38(29-11-7-8-12-30(29)43-4-2)44(41,42)26-17-15-23(33)16-18-26/h7-8,11-19,25,28H,3-6,9-10,20-21H2,1-2H3,(H,36,40)/t28-/m1/s1. The highest BCUT2D eigenvalue weighted by Gasteiger charge is 2.35. The van der Waals surface area contributed by atoms with Gasteiger partial charge in [0.05, 0.1) is 17.2 Å². The maximum absolute atomic E-state index is 14.4. The van der Waals surface area contributed by atoms with Crippen molar-refractivity contribution >= 4 is 62.3 Å². The number of hydrogen-bond acceptors (Lipinski definition) is 5. The summed E-state index contributed by atoms with van der Waals surface area (Å²) in [6.45, 7) is 3.24. The molecule has 236 valence electrons. The average molecular weight is 681 g/mol. The first-order valence-corrected chi connectivity index (χ1v) is 17.2. The molecule has 0 bridgehead atoms. The van der Waals surface area contributed by atoms with Gasteiger partial charge < -0.3 is 15.0 Å². The molecule has 4 rings (SSSR count). The minimum absolute atomic E-state index is 0.0344.